The number of nitrogens with one attached hydrogen (secondary N) is 3. The van der Waals surface area contributed by atoms with E-state index in [1.165, 1.54) is 6.07 Å². The highest BCUT2D eigenvalue weighted by atomic mass is 19.1. The number of amides is 1. The number of guanidine groups is 1. The van der Waals surface area contributed by atoms with Crippen LogP contribution in [0.15, 0.2) is 29.3 Å². The van der Waals surface area contributed by atoms with Crippen LogP contribution < -0.4 is 16.0 Å². The van der Waals surface area contributed by atoms with Crippen molar-refractivity contribution in [1.29, 1.82) is 0 Å². The molecule has 5 nitrogen and oxygen atoms in total. The summed E-state index contributed by atoms with van der Waals surface area (Å²) in [6.45, 7) is 8.57. The molecule has 1 aliphatic rings. The molecule has 1 saturated carbocycles. The lowest BCUT2D eigenvalue weighted by Crippen LogP contribution is -2.42. The summed E-state index contributed by atoms with van der Waals surface area (Å²) >= 11 is 0. The largest absolute Gasteiger partial charge is 0.357 e. The van der Waals surface area contributed by atoms with Crippen LogP contribution in [0.1, 0.15) is 39.2 Å². The third-order valence-corrected chi connectivity index (χ3v) is 4.25. The average Bonchev–Trinajstić information content (AvgIpc) is 3.41. The van der Waals surface area contributed by atoms with Crippen molar-refractivity contribution in [1.82, 2.24) is 16.0 Å². The average molecular weight is 348 g/mol. The molecular weight excluding hydrogens is 319 g/mol. The van der Waals surface area contributed by atoms with Crippen molar-refractivity contribution in [3.05, 3.63) is 35.6 Å². The fourth-order valence-electron chi connectivity index (χ4n) is 2.48. The van der Waals surface area contributed by atoms with E-state index in [4.69, 9.17) is 0 Å². The Kier molecular flexibility index (Phi) is 6.79. The summed E-state index contributed by atoms with van der Waals surface area (Å²) in [5, 5.41) is 9.33. The number of aliphatic imine (C=N–C) groups is 1. The lowest BCUT2D eigenvalue weighted by atomic mass is 9.85. The van der Waals surface area contributed by atoms with Crippen LogP contribution in [0, 0.1) is 11.7 Å². The Bertz CT molecular complexity index is 611. The minimum atomic E-state index is -0.273. The second-order valence-corrected chi connectivity index (χ2v) is 7.08. The normalized spacial score (nSPS) is 15.0. The molecule has 1 aliphatic carbocycles. The first-order chi connectivity index (χ1) is 11.9. The van der Waals surface area contributed by atoms with Crippen LogP contribution in [0.4, 0.5) is 4.39 Å². The summed E-state index contributed by atoms with van der Waals surface area (Å²) in [5.41, 5.74) is 0.647. The maximum absolute atomic E-state index is 13.5. The minimum absolute atomic E-state index is 0.149. The first-order valence-corrected chi connectivity index (χ1v) is 8.98. The molecular formula is C19H29FN4O. The molecule has 0 unspecified atom stereocenters. The Morgan fingerprint density at radius 2 is 1.96 bits per heavy atom. The predicted octanol–water partition coefficient (Wildman–Crippen LogP) is 2.18. The standard InChI is InChI=1S/C19H29FN4O/c1-4-21-18(23-11-10-22-17(25)14-8-9-14)24-13-19(2,3)15-6-5-7-16(20)12-15/h5-7,12,14H,4,8-11,13H2,1-3H3,(H,22,25)(H2,21,23,24). The van der Waals surface area contributed by atoms with Gasteiger partial charge >= 0.3 is 0 Å². The van der Waals surface area contributed by atoms with Gasteiger partial charge in [-0.05, 0) is 37.5 Å². The van der Waals surface area contributed by atoms with Crippen LogP contribution in [0.5, 0.6) is 0 Å². The highest BCUT2D eigenvalue weighted by molar-refractivity contribution is 5.81. The Labute approximate surface area is 149 Å². The lowest BCUT2D eigenvalue weighted by molar-refractivity contribution is -0.122. The third-order valence-electron chi connectivity index (χ3n) is 4.25. The van der Waals surface area contributed by atoms with Crippen LogP contribution in [0.3, 0.4) is 0 Å². The number of benzene rings is 1. The van der Waals surface area contributed by atoms with Gasteiger partial charge in [0.2, 0.25) is 5.91 Å². The zero-order chi connectivity index (χ0) is 18.3. The maximum atomic E-state index is 13.5. The van der Waals surface area contributed by atoms with Crippen LogP contribution >= 0.6 is 0 Å². The van der Waals surface area contributed by atoms with E-state index in [0.717, 1.165) is 24.9 Å². The van der Waals surface area contributed by atoms with Gasteiger partial charge in [-0.3, -0.25) is 9.79 Å². The summed E-state index contributed by atoms with van der Waals surface area (Å²) in [6, 6.07) is 6.65. The fourth-order valence-corrected chi connectivity index (χ4v) is 2.48. The van der Waals surface area contributed by atoms with Gasteiger partial charge in [-0.15, -0.1) is 0 Å². The molecule has 1 aromatic rings. The maximum Gasteiger partial charge on any atom is 0.223 e. The van der Waals surface area contributed by atoms with Gasteiger partial charge in [0, 0.05) is 31.0 Å². The Balaban J connectivity index is 1.85. The number of nitrogens with zero attached hydrogens (tertiary/aromatic N) is 1. The van der Waals surface area contributed by atoms with Gasteiger partial charge in [0.1, 0.15) is 5.82 Å². The number of carbonyl (C=O) groups excluding carboxylic acids is 1. The second kappa shape index (κ2) is 8.83. The highest BCUT2D eigenvalue weighted by Crippen LogP contribution is 2.28. The molecule has 0 bridgehead atoms. The minimum Gasteiger partial charge on any atom is -0.357 e. The first-order valence-electron chi connectivity index (χ1n) is 8.98. The summed E-state index contributed by atoms with van der Waals surface area (Å²) in [6.07, 6.45) is 2.02. The number of rotatable bonds is 8. The predicted molar refractivity (Wildman–Crippen MR) is 99.1 cm³/mol. The molecule has 0 saturated heterocycles. The quantitative estimate of drug-likeness (QED) is 0.383. The van der Waals surface area contributed by atoms with Crippen molar-refractivity contribution in [2.45, 2.75) is 39.0 Å². The molecule has 0 atom stereocenters. The van der Waals surface area contributed by atoms with Gasteiger partial charge in [-0.25, -0.2) is 4.39 Å². The Morgan fingerprint density at radius 1 is 1.24 bits per heavy atom. The highest BCUT2D eigenvalue weighted by Gasteiger charge is 2.29. The van der Waals surface area contributed by atoms with Crippen LogP contribution in [0.2, 0.25) is 0 Å². The van der Waals surface area contributed by atoms with Crippen molar-refractivity contribution in [2.75, 3.05) is 26.2 Å². The number of halogens is 1. The van der Waals surface area contributed by atoms with E-state index < -0.39 is 0 Å². The number of hydrogen-bond donors (Lipinski definition) is 3. The van der Waals surface area contributed by atoms with Crippen LogP contribution in [-0.2, 0) is 10.2 Å². The van der Waals surface area contributed by atoms with Gasteiger partial charge in [-0.2, -0.15) is 0 Å². The lowest BCUT2D eigenvalue weighted by Gasteiger charge is -2.24. The topological polar surface area (TPSA) is 65.5 Å². The summed E-state index contributed by atoms with van der Waals surface area (Å²) in [7, 11) is 0. The molecule has 3 N–H and O–H groups in total. The zero-order valence-electron chi connectivity index (χ0n) is 15.4. The SMILES string of the molecule is CCNC(=NCC(C)(C)c1cccc(F)c1)NCCNC(=O)C1CC1. The fraction of sp³-hybridized carbons (Fsp3) is 0.579. The molecule has 25 heavy (non-hydrogen) atoms. The zero-order valence-corrected chi connectivity index (χ0v) is 15.4. The van der Waals surface area contributed by atoms with E-state index in [0.29, 0.717) is 25.6 Å². The molecule has 6 heteroatoms. The molecule has 2 rings (SSSR count). The molecule has 1 fully saturated rings. The molecule has 0 spiro atoms. The third kappa shape index (κ3) is 6.36. The van der Waals surface area contributed by atoms with Gasteiger partial charge in [0.25, 0.3) is 0 Å². The van der Waals surface area contributed by atoms with E-state index in [-0.39, 0.29) is 23.1 Å². The molecule has 0 aromatic heterocycles. The van der Waals surface area contributed by atoms with Gasteiger partial charge in [0.15, 0.2) is 5.96 Å². The van der Waals surface area contributed by atoms with Crippen molar-refractivity contribution in [3.63, 3.8) is 0 Å². The number of hydrogen-bond acceptors (Lipinski definition) is 2. The van der Waals surface area contributed by atoms with Gasteiger partial charge < -0.3 is 16.0 Å². The van der Waals surface area contributed by atoms with Crippen LogP contribution in [0.25, 0.3) is 0 Å². The van der Waals surface area contributed by atoms with Gasteiger partial charge in [-0.1, -0.05) is 26.0 Å². The van der Waals surface area contributed by atoms with Crippen LogP contribution in [-0.4, -0.2) is 38.0 Å². The van der Waals surface area contributed by atoms with Crippen molar-refractivity contribution in [2.24, 2.45) is 10.9 Å². The summed E-state index contributed by atoms with van der Waals surface area (Å²) in [4.78, 5) is 16.2. The van der Waals surface area contributed by atoms with E-state index in [9.17, 15) is 9.18 Å². The molecule has 0 radical (unpaired) electrons. The smallest absolute Gasteiger partial charge is 0.223 e. The Hall–Kier alpha value is -2.11. The Morgan fingerprint density at radius 3 is 2.60 bits per heavy atom. The van der Waals surface area contributed by atoms with Crippen molar-refractivity contribution in [3.8, 4) is 0 Å². The summed E-state index contributed by atoms with van der Waals surface area (Å²) in [5.74, 6) is 0.851. The van der Waals surface area contributed by atoms with Crippen molar-refractivity contribution >= 4 is 11.9 Å². The number of carbonyl (C=O) groups is 1. The molecule has 0 aliphatic heterocycles. The van der Waals surface area contributed by atoms with E-state index in [1.54, 1.807) is 12.1 Å². The molecule has 138 valence electrons. The molecule has 1 aromatic carbocycles. The first kappa shape index (κ1) is 19.2. The molecule has 1 amide bonds. The van der Waals surface area contributed by atoms with E-state index in [2.05, 4.69) is 20.9 Å². The monoisotopic (exact) mass is 348 g/mol. The van der Waals surface area contributed by atoms with Crippen molar-refractivity contribution < 1.29 is 9.18 Å². The second-order valence-electron chi connectivity index (χ2n) is 7.08. The summed E-state index contributed by atoms with van der Waals surface area (Å²) < 4.78 is 13.5. The van der Waals surface area contributed by atoms with E-state index >= 15 is 0 Å². The molecule has 0 heterocycles. The van der Waals surface area contributed by atoms with Gasteiger partial charge in [0.05, 0.1) is 6.54 Å². The van der Waals surface area contributed by atoms with E-state index in [1.807, 2.05) is 26.8 Å².